The molecule has 0 aromatic carbocycles. The molecule has 1 heterocycles. The average Bonchev–Trinajstić information content (AvgIpc) is 2.86. The van der Waals surface area contributed by atoms with Gasteiger partial charge in [-0.25, -0.2) is 4.98 Å². The standard InChI is InChI=1S/C11H16N2OS/c1-7-10(8(2)14)15-11(12-7)13(3)6-9-4-5-9/h9H,4-6H2,1-3H3. The molecule has 1 fully saturated rings. The molecular formula is C11H16N2OS. The smallest absolute Gasteiger partial charge is 0.185 e. The summed E-state index contributed by atoms with van der Waals surface area (Å²) in [5.41, 5.74) is 0.866. The molecule has 3 nitrogen and oxygen atoms in total. The number of aryl methyl sites for hydroxylation is 1. The SMILES string of the molecule is CC(=O)c1sc(N(C)CC2CC2)nc1C. The van der Waals surface area contributed by atoms with Gasteiger partial charge in [0.2, 0.25) is 0 Å². The van der Waals surface area contributed by atoms with Crippen LogP contribution < -0.4 is 4.90 Å². The summed E-state index contributed by atoms with van der Waals surface area (Å²) in [5.74, 6) is 0.969. The van der Waals surface area contributed by atoms with E-state index in [-0.39, 0.29) is 5.78 Å². The van der Waals surface area contributed by atoms with Crippen molar-refractivity contribution in [3.63, 3.8) is 0 Å². The molecule has 82 valence electrons. The number of hydrogen-bond acceptors (Lipinski definition) is 4. The Kier molecular flexibility index (Phi) is 2.78. The third-order valence-corrected chi connectivity index (χ3v) is 4.03. The van der Waals surface area contributed by atoms with Crippen molar-refractivity contribution in [1.29, 1.82) is 0 Å². The highest BCUT2D eigenvalue weighted by Gasteiger charge is 2.24. The number of Topliss-reactive ketones (excluding diaryl/α,β-unsaturated/α-hetero) is 1. The zero-order chi connectivity index (χ0) is 11.0. The molecule has 0 saturated heterocycles. The van der Waals surface area contributed by atoms with Gasteiger partial charge in [0.1, 0.15) is 0 Å². The van der Waals surface area contributed by atoms with Crippen LogP contribution in [-0.4, -0.2) is 24.4 Å². The third kappa shape index (κ3) is 2.37. The van der Waals surface area contributed by atoms with E-state index in [1.807, 2.05) is 6.92 Å². The Morgan fingerprint density at radius 1 is 1.60 bits per heavy atom. The summed E-state index contributed by atoms with van der Waals surface area (Å²) in [7, 11) is 2.06. The van der Waals surface area contributed by atoms with E-state index < -0.39 is 0 Å². The monoisotopic (exact) mass is 224 g/mol. The van der Waals surface area contributed by atoms with Crippen molar-refractivity contribution in [2.24, 2.45) is 5.92 Å². The van der Waals surface area contributed by atoms with E-state index in [1.54, 1.807) is 6.92 Å². The van der Waals surface area contributed by atoms with Gasteiger partial charge < -0.3 is 4.90 Å². The van der Waals surface area contributed by atoms with Gasteiger partial charge in [0.05, 0.1) is 10.6 Å². The molecule has 0 unspecified atom stereocenters. The molecule has 0 N–H and O–H groups in total. The first-order valence-electron chi connectivity index (χ1n) is 5.27. The van der Waals surface area contributed by atoms with Gasteiger partial charge in [-0.15, -0.1) is 0 Å². The van der Waals surface area contributed by atoms with E-state index in [1.165, 1.54) is 24.2 Å². The van der Waals surface area contributed by atoms with Crippen LogP contribution >= 0.6 is 11.3 Å². The predicted octanol–water partition coefficient (Wildman–Crippen LogP) is 2.50. The fourth-order valence-corrected chi connectivity index (χ4v) is 2.57. The van der Waals surface area contributed by atoms with Gasteiger partial charge in [-0.2, -0.15) is 0 Å². The van der Waals surface area contributed by atoms with Crippen molar-refractivity contribution in [1.82, 2.24) is 4.98 Å². The van der Waals surface area contributed by atoms with Crippen LogP contribution in [0, 0.1) is 12.8 Å². The molecule has 1 aromatic rings. The number of hydrogen-bond donors (Lipinski definition) is 0. The highest BCUT2D eigenvalue weighted by molar-refractivity contribution is 7.17. The number of aromatic nitrogens is 1. The zero-order valence-corrected chi connectivity index (χ0v) is 10.2. The normalized spacial score (nSPS) is 15.4. The van der Waals surface area contributed by atoms with Gasteiger partial charge in [-0.3, -0.25) is 4.79 Å². The van der Waals surface area contributed by atoms with Crippen molar-refractivity contribution in [3.05, 3.63) is 10.6 Å². The molecule has 1 aliphatic carbocycles. The molecule has 1 aliphatic rings. The van der Waals surface area contributed by atoms with E-state index in [4.69, 9.17) is 0 Å². The predicted molar refractivity (Wildman–Crippen MR) is 62.8 cm³/mol. The molecule has 1 saturated carbocycles. The summed E-state index contributed by atoms with van der Waals surface area (Å²) in [4.78, 5) is 18.7. The largest absolute Gasteiger partial charge is 0.351 e. The van der Waals surface area contributed by atoms with Crippen molar-refractivity contribution in [3.8, 4) is 0 Å². The van der Waals surface area contributed by atoms with Crippen LogP contribution in [0.5, 0.6) is 0 Å². The topological polar surface area (TPSA) is 33.2 Å². The number of carbonyl (C=O) groups is 1. The van der Waals surface area contributed by atoms with Gasteiger partial charge >= 0.3 is 0 Å². The van der Waals surface area contributed by atoms with Gasteiger partial charge in [-0.1, -0.05) is 11.3 Å². The van der Waals surface area contributed by atoms with Gasteiger partial charge in [0.15, 0.2) is 10.9 Å². The second-order valence-electron chi connectivity index (χ2n) is 4.29. The lowest BCUT2D eigenvalue weighted by Crippen LogP contribution is -2.19. The molecular weight excluding hydrogens is 208 g/mol. The highest BCUT2D eigenvalue weighted by atomic mass is 32.1. The maximum Gasteiger partial charge on any atom is 0.185 e. The van der Waals surface area contributed by atoms with Gasteiger partial charge in [0.25, 0.3) is 0 Å². The first-order valence-corrected chi connectivity index (χ1v) is 6.09. The van der Waals surface area contributed by atoms with Crippen molar-refractivity contribution < 1.29 is 4.79 Å². The molecule has 0 bridgehead atoms. The second kappa shape index (κ2) is 3.93. The van der Waals surface area contributed by atoms with Crippen molar-refractivity contribution in [2.45, 2.75) is 26.7 Å². The van der Waals surface area contributed by atoms with Gasteiger partial charge in [-0.05, 0) is 25.7 Å². The third-order valence-electron chi connectivity index (χ3n) is 2.66. The molecule has 4 heteroatoms. The van der Waals surface area contributed by atoms with Crippen LogP contribution in [0.2, 0.25) is 0 Å². The Morgan fingerprint density at radius 3 is 2.73 bits per heavy atom. The maximum absolute atomic E-state index is 11.3. The number of nitrogens with zero attached hydrogens (tertiary/aromatic N) is 2. The first-order chi connectivity index (χ1) is 7.08. The minimum Gasteiger partial charge on any atom is -0.351 e. The van der Waals surface area contributed by atoms with Crippen molar-refractivity contribution >= 4 is 22.3 Å². The van der Waals surface area contributed by atoms with E-state index >= 15 is 0 Å². The molecule has 0 atom stereocenters. The number of rotatable bonds is 4. The summed E-state index contributed by atoms with van der Waals surface area (Å²) in [6, 6.07) is 0. The second-order valence-corrected chi connectivity index (χ2v) is 5.27. The molecule has 1 aromatic heterocycles. The molecule has 15 heavy (non-hydrogen) atoms. The van der Waals surface area contributed by atoms with Crippen LogP contribution in [-0.2, 0) is 0 Å². The molecule has 0 aliphatic heterocycles. The Hall–Kier alpha value is -0.900. The number of ketones is 1. The molecule has 0 radical (unpaired) electrons. The zero-order valence-electron chi connectivity index (χ0n) is 9.41. The van der Waals surface area contributed by atoms with E-state index in [0.29, 0.717) is 0 Å². The van der Waals surface area contributed by atoms with Crippen LogP contribution in [0.25, 0.3) is 0 Å². The number of thiazole rings is 1. The highest BCUT2D eigenvalue weighted by Crippen LogP contribution is 2.32. The quantitative estimate of drug-likeness (QED) is 0.737. The Labute approximate surface area is 94.1 Å². The van der Waals surface area contributed by atoms with Crippen molar-refractivity contribution in [2.75, 3.05) is 18.5 Å². The summed E-state index contributed by atoms with van der Waals surface area (Å²) < 4.78 is 0. The Bertz CT molecular complexity index is 382. The summed E-state index contributed by atoms with van der Waals surface area (Å²) in [6.07, 6.45) is 2.68. The van der Waals surface area contributed by atoms with Gasteiger partial charge in [0, 0.05) is 20.5 Å². The van der Waals surface area contributed by atoms with E-state index in [0.717, 1.165) is 28.2 Å². The van der Waals surface area contributed by atoms with E-state index in [9.17, 15) is 4.79 Å². The minimum absolute atomic E-state index is 0.121. The van der Waals surface area contributed by atoms with Crippen LogP contribution in [0.15, 0.2) is 0 Å². The number of carbonyl (C=O) groups excluding carboxylic acids is 1. The molecule has 0 amide bonds. The maximum atomic E-state index is 11.3. The summed E-state index contributed by atoms with van der Waals surface area (Å²) in [6.45, 7) is 4.58. The fourth-order valence-electron chi connectivity index (χ4n) is 1.64. The lowest BCUT2D eigenvalue weighted by Gasteiger charge is -2.14. The average molecular weight is 224 g/mol. The van der Waals surface area contributed by atoms with E-state index in [2.05, 4.69) is 16.9 Å². The van der Waals surface area contributed by atoms with Crippen LogP contribution in [0.1, 0.15) is 35.1 Å². The Balaban J connectivity index is 2.13. The summed E-state index contributed by atoms with van der Waals surface area (Å²) in [5, 5.41) is 0.976. The summed E-state index contributed by atoms with van der Waals surface area (Å²) >= 11 is 1.51. The minimum atomic E-state index is 0.121. The van der Waals surface area contributed by atoms with Crippen LogP contribution in [0.4, 0.5) is 5.13 Å². The number of anilines is 1. The fraction of sp³-hybridized carbons (Fsp3) is 0.636. The lowest BCUT2D eigenvalue weighted by atomic mass is 10.3. The molecule has 2 rings (SSSR count). The first kappa shape index (κ1) is 10.6. The molecule has 0 spiro atoms. The Morgan fingerprint density at radius 2 is 2.27 bits per heavy atom. The van der Waals surface area contributed by atoms with Crippen LogP contribution in [0.3, 0.4) is 0 Å². The lowest BCUT2D eigenvalue weighted by molar-refractivity contribution is 0.102.